The van der Waals surface area contributed by atoms with Crippen LogP contribution in [0.2, 0.25) is 0 Å². The van der Waals surface area contributed by atoms with Crippen LogP contribution in [0, 0.1) is 0 Å². The fraction of sp³-hybridized carbons (Fsp3) is 0.143. The van der Waals surface area contributed by atoms with Crippen LogP contribution in [-0.2, 0) is 6.00 Å². The molecular formula is C7H7ClNO2+. The van der Waals surface area contributed by atoms with Gasteiger partial charge in [0.1, 0.15) is 5.56 Å². The topological polar surface area (TPSA) is 41.2 Å². The average molecular weight is 173 g/mol. The van der Waals surface area contributed by atoms with Crippen LogP contribution in [0.25, 0.3) is 0 Å². The van der Waals surface area contributed by atoms with Gasteiger partial charge in [0.2, 0.25) is 6.00 Å². The fourth-order valence-electron chi connectivity index (χ4n) is 0.723. The molecule has 0 aliphatic heterocycles. The molecule has 0 atom stereocenters. The van der Waals surface area contributed by atoms with Crippen LogP contribution in [-0.4, -0.2) is 11.1 Å². The number of halogens is 1. The van der Waals surface area contributed by atoms with E-state index in [9.17, 15) is 4.79 Å². The summed E-state index contributed by atoms with van der Waals surface area (Å²) < 4.78 is 1.59. The minimum absolute atomic E-state index is 0.244. The number of hydrogen-bond donors (Lipinski definition) is 1. The first kappa shape index (κ1) is 8.01. The maximum atomic E-state index is 10.4. The van der Waals surface area contributed by atoms with Crippen molar-refractivity contribution in [3.05, 3.63) is 30.1 Å². The molecule has 1 N–H and O–H groups in total. The lowest BCUT2D eigenvalue weighted by atomic mass is 10.3. The lowest BCUT2D eigenvalue weighted by Gasteiger charge is -1.91. The third-order valence-electron chi connectivity index (χ3n) is 1.24. The summed E-state index contributed by atoms with van der Waals surface area (Å²) in [6.45, 7) is 0. The van der Waals surface area contributed by atoms with Gasteiger partial charge in [0, 0.05) is 6.07 Å². The molecule has 0 radical (unpaired) electrons. The summed E-state index contributed by atoms with van der Waals surface area (Å²) in [5.74, 6) is -0.940. The van der Waals surface area contributed by atoms with Gasteiger partial charge in [0.25, 0.3) is 0 Å². The van der Waals surface area contributed by atoms with E-state index in [0.29, 0.717) is 0 Å². The van der Waals surface area contributed by atoms with E-state index >= 15 is 0 Å². The number of aromatic carboxylic acids is 1. The maximum Gasteiger partial charge on any atom is 0.341 e. The summed E-state index contributed by atoms with van der Waals surface area (Å²) in [5, 5.41) is 8.55. The normalized spacial score (nSPS) is 9.55. The first-order chi connectivity index (χ1) is 5.24. The number of nitrogens with zero attached hydrogens (tertiary/aromatic N) is 1. The van der Waals surface area contributed by atoms with Gasteiger partial charge in [-0.25, -0.2) is 4.79 Å². The number of aromatic nitrogens is 1. The predicted molar refractivity (Wildman–Crippen MR) is 39.4 cm³/mol. The van der Waals surface area contributed by atoms with Gasteiger partial charge in [-0.2, -0.15) is 4.57 Å². The number of carboxylic acids is 1. The van der Waals surface area contributed by atoms with Gasteiger partial charge >= 0.3 is 5.97 Å². The highest BCUT2D eigenvalue weighted by Crippen LogP contribution is 1.93. The number of carbonyl (C=O) groups is 1. The Kier molecular flexibility index (Phi) is 2.44. The molecule has 1 aromatic heterocycles. The summed E-state index contributed by atoms with van der Waals surface area (Å²) in [6.07, 6.45) is 3.19. The monoisotopic (exact) mass is 172 g/mol. The zero-order valence-corrected chi connectivity index (χ0v) is 6.45. The zero-order valence-electron chi connectivity index (χ0n) is 5.70. The quantitative estimate of drug-likeness (QED) is 0.531. The highest BCUT2D eigenvalue weighted by molar-refractivity contribution is 6.14. The van der Waals surface area contributed by atoms with E-state index in [0.717, 1.165) is 0 Å². The van der Waals surface area contributed by atoms with Crippen molar-refractivity contribution in [2.24, 2.45) is 0 Å². The van der Waals surface area contributed by atoms with Crippen molar-refractivity contribution in [1.82, 2.24) is 0 Å². The molecule has 0 spiro atoms. The van der Waals surface area contributed by atoms with Gasteiger partial charge < -0.3 is 5.11 Å². The minimum atomic E-state index is -0.940. The molecular weight excluding hydrogens is 166 g/mol. The molecule has 0 amide bonds. The lowest BCUT2D eigenvalue weighted by Crippen LogP contribution is -2.30. The average Bonchev–Trinajstić information content (AvgIpc) is 2.05. The predicted octanol–water partition coefficient (Wildman–Crippen LogP) is 0.869. The van der Waals surface area contributed by atoms with Crippen LogP contribution in [0.15, 0.2) is 24.5 Å². The largest absolute Gasteiger partial charge is 0.477 e. The number of hydrogen-bond acceptors (Lipinski definition) is 1. The Labute approximate surface area is 68.8 Å². The van der Waals surface area contributed by atoms with Crippen molar-refractivity contribution in [2.75, 3.05) is 0 Å². The van der Waals surface area contributed by atoms with Crippen molar-refractivity contribution in [1.29, 1.82) is 0 Å². The third kappa shape index (κ3) is 1.91. The van der Waals surface area contributed by atoms with Gasteiger partial charge in [-0.15, -0.1) is 0 Å². The van der Waals surface area contributed by atoms with Crippen LogP contribution in [0.3, 0.4) is 0 Å². The SMILES string of the molecule is O=C(O)c1ccc[n+](CCl)c1. The molecule has 0 saturated carbocycles. The van der Waals surface area contributed by atoms with Gasteiger partial charge in [-0.05, 0) is 6.07 Å². The van der Waals surface area contributed by atoms with Crippen LogP contribution >= 0.6 is 11.6 Å². The molecule has 0 aliphatic rings. The molecule has 1 aromatic rings. The highest BCUT2D eigenvalue weighted by Gasteiger charge is 2.06. The van der Waals surface area contributed by atoms with Gasteiger partial charge in [-0.1, -0.05) is 11.6 Å². The summed E-state index contributed by atoms with van der Waals surface area (Å²) in [6, 6.07) is 3.43. The van der Waals surface area contributed by atoms with Crippen LogP contribution < -0.4 is 4.57 Å². The molecule has 0 aliphatic carbocycles. The molecule has 4 heteroatoms. The molecule has 0 saturated heterocycles. The lowest BCUT2D eigenvalue weighted by molar-refractivity contribution is -0.678. The first-order valence-electron chi connectivity index (χ1n) is 3.02. The molecule has 58 valence electrons. The Bertz CT molecular complexity index is 275. The number of pyridine rings is 1. The first-order valence-corrected chi connectivity index (χ1v) is 3.56. The van der Waals surface area contributed by atoms with Gasteiger partial charge in [0.15, 0.2) is 12.4 Å². The van der Waals surface area contributed by atoms with E-state index in [1.54, 1.807) is 16.8 Å². The van der Waals surface area contributed by atoms with E-state index < -0.39 is 5.97 Å². The van der Waals surface area contributed by atoms with Crippen LogP contribution in [0.1, 0.15) is 10.4 Å². The Morgan fingerprint density at radius 1 is 1.73 bits per heavy atom. The molecule has 0 unspecified atom stereocenters. The molecule has 3 nitrogen and oxygen atoms in total. The van der Waals surface area contributed by atoms with Gasteiger partial charge in [0.05, 0.1) is 0 Å². The zero-order chi connectivity index (χ0) is 8.27. The Morgan fingerprint density at radius 2 is 2.45 bits per heavy atom. The van der Waals surface area contributed by atoms with Crippen molar-refractivity contribution in [3.8, 4) is 0 Å². The van der Waals surface area contributed by atoms with Crippen LogP contribution in [0.4, 0.5) is 0 Å². The minimum Gasteiger partial charge on any atom is -0.477 e. The smallest absolute Gasteiger partial charge is 0.341 e. The van der Waals surface area contributed by atoms with Gasteiger partial charge in [-0.3, -0.25) is 0 Å². The van der Waals surface area contributed by atoms with E-state index in [1.807, 2.05) is 0 Å². The summed E-state index contributed by atoms with van der Waals surface area (Å²) in [5.41, 5.74) is 0.244. The van der Waals surface area contributed by atoms with E-state index in [4.69, 9.17) is 16.7 Å². The van der Waals surface area contributed by atoms with E-state index in [-0.39, 0.29) is 11.6 Å². The second-order valence-corrected chi connectivity index (χ2v) is 2.27. The van der Waals surface area contributed by atoms with Crippen molar-refractivity contribution >= 4 is 17.6 Å². The van der Waals surface area contributed by atoms with Crippen molar-refractivity contribution in [2.45, 2.75) is 6.00 Å². The van der Waals surface area contributed by atoms with E-state index in [2.05, 4.69) is 0 Å². The molecule has 0 fully saturated rings. The molecule has 11 heavy (non-hydrogen) atoms. The van der Waals surface area contributed by atoms with E-state index in [1.165, 1.54) is 12.3 Å². The number of rotatable bonds is 2. The molecule has 0 bridgehead atoms. The summed E-state index contributed by atoms with van der Waals surface area (Å²) in [7, 11) is 0. The second-order valence-electron chi connectivity index (χ2n) is 2.03. The maximum absolute atomic E-state index is 10.4. The summed E-state index contributed by atoms with van der Waals surface area (Å²) in [4.78, 5) is 10.4. The molecule has 1 rings (SSSR count). The summed E-state index contributed by atoms with van der Waals surface area (Å²) >= 11 is 5.47. The second kappa shape index (κ2) is 3.34. The van der Waals surface area contributed by atoms with Crippen molar-refractivity contribution in [3.63, 3.8) is 0 Å². The fourth-order valence-corrected chi connectivity index (χ4v) is 0.872. The Morgan fingerprint density at radius 3 is 3.00 bits per heavy atom. The van der Waals surface area contributed by atoms with Crippen molar-refractivity contribution < 1.29 is 14.5 Å². The third-order valence-corrected chi connectivity index (χ3v) is 1.52. The van der Waals surface area contributed by atoms with Crippen LogP contribution in [0.5, 0.6) is 0 Å². The molecule has 0 aromatic carbocycles. The Balaban J connectivity index is 3.01. The highest BCUT2D eigenvalue weighted by atomic mass is 35.5. The Hall–Kier alpha value is -1.09. The molecule has 1 heterocycles. The standard InChI is InChI=1S/C7H6ClNO2/c8-5-9-3-1-2-6(4-9)7(10)11/h1-4H,5H2/p+1. The number of carboxylic acid groups (broad SMARTS) is 1. The number of alkyl halides is 1.